The number of ether oxygens (including phenoxy) is 2. The molecule has 1 heterocycles. The highest BCUT2D eigenvalue weighted by molar-refractivity contribution is 9.10. The number of halogens is 1. The van der Waals surface area contributed by atoms with E-state index in [1.807, 2.05) is 37.3 Å². The van der Waals surface area contributed by atoms with Gasteiger partial charge < -0.3 is 20.1 Å². The van der Waals surface area contributed by atoms with Crippen molar-refractivity contribution in [2.45, 2.75) is 13.5 Å². The lowest BCUT2D eigenvalue weighted by Crippen LogP contribution is -2.24. The van der Waals surface area contributed by atoms with Crippen molar-refractivity contribution in [1.29, 1.82) is 5.26 Å². The third-order valence-corrected chi connectivity index (χ3v) is 4.41. The van der Waals surface area contributed by atoms with E-state index in [-0.39, 0.29) is 18.9 Å². The lowest BCUT2D eigenvalue weighted by Gasteiger charge is -2.07. The fraction of sp³-hybridized carbons (Fsp3) is 0.158. The summed E-state index contributed by atoms with van der Waals surface area (Å²) in [5.74, 6) is 0.880. The van der Waals surface area contributed by atoms with Crippen LogP contribution in [0.3, 0.4) is 0 Å². The molecule has 1 aliphatic heterocycles. The van der Waals surface area contributed by atoms with Crippen molar-refractivity contribution >= 4 is 27.5 Å². The Kier molecular flexibility index (Phi) is 5.44. The second-order valence-electron chi connectivity index (χ2n) is 5.67. The van der Waals surface area contributed by atoms with Crippen molar-refractivity contribution in [2.75, 3.05) is 12.1 Å². The highest BCUT2D eigenvalue weighted by Crippen LogP contribution is 2.32. The predicted octanol–water partition coefficient (Wildman–Crippen LogP) is 3.62. The molecule has 6 nitrogen and oxygen atoms in total. The second-order valence-corrected chi connectivity index (χ2v) is 6.52. The molecule has 0 aliphatic carbocycles. The van der Waals surface area contributed by atoms with E-state index in [0.29, 0.717) is 11.5 Å². The smallest absolute Gasteiger partial charge is 0.263 e. The van der Waals surface area contributed by atoms with Gasteiger partial charge >= 0.3 is 0 Å². The van der Waals surface area contributed by atoms with Crippen LogP contribution in [-0.2, 0) is 11.3 Å². The molecule has 0 fully saturated rings. The summed E-state index contributed by atoms with van der Waals surface area (Å²) in [7, 11) is 0. The third kappa shape index (κ3) is 4.16. The van der Waals surface area contributed by atoms with Gasteiger partial charge in [0.2, 0.25) is 6.79 Å². The minimum absolute atomic E-state index is 0.0155. The molecule has 7 heteroatoms. The minimum Gasteiger partial charge on any atom is -0.454 e. The normalized spacial score (nSPS) is 12.4. The number of aryl methyl sites for hydroxylation is 1. The first-order chi connectivity index (χ1) is 12.6. The quantitative estimate of drug-likeness (QED) is 0.577. The summed E-state index contributed by atoms with van der Waals surface area (Å²) in [6, 6.07) is 13.1. The van der Waals surface area contributed by atoms with Gasteiger partial charge in [0, 0.05) is 17.2 Å². The average Bonchev–Trinajstić information content (AvgIpc) is 3.09. The number of benzene rings is 2. The van der Waals surface area contributed by atoms with Crippen LogP contribution in [-0.4, -0.2) is 12.7 Å². The van der Waals surface area contributed by atoms with Crippen LogP contribution in [0.1, 0.15) is 11.1 Å². The van der Waals surface area contributed by atoms with Gasteiger partial charge in [-0.2, -0.15) is 5.26 Å². The summed E-state index contributed by atoms with van der Waals surface area (Å²) in [5.41, 5.74) is 2.72. The van der Waals surface area contributed by atoms with Gasteiger partial charge in [-0.25, -0.2) is 0 Å². The molecule has 0 bridgehead atoms. The fourth-order valence-electron chi connectivity index (χ4n) is 2.36. The molecule has 2 aromatic carbocycles. The molecule has 0 saturated carbocycles. The first-order valence-electron chi connectivity index (χ1n) is 7.86. The standard InChI is InChI=1S/C19H16BrN3O3/c1-12-2-4-16(15(20)6-12)22-10-14(8-21)19(24)23-9-13-3-5-17-18(7-13)26-11-25-17/h2-7,10,22H,9,11H2,1H3,(H,23,24)/b14-10-. The number of anilines is 1. The van der Waals surface area contributed by atoms with E-state index in [0.717, 1.165) is 21.3 Å². The highest BCUT2D eigenvalue weighted by Gasteiger charge is 2.14. The maximum absolute atomic E-state index is 12.2. The summed E-state index contributed by atoms with van der Waals surface area (Å²) in [6.45, 7) is 2.46. The number of hydrogen-bond donors (Lipinski definition) is 2. The van der Waals surface area contributed by atoms with Gasteiger partial charge in [-0.05, 0) is 58.2 Å². The number of nitrogens with zero attached hydrogens (tertiary/aromatic N) is 1. The van der Waals surface area contributed by atoms with Gasteiger partial charge in [-0.3, -0.25) is 4.79 Å². The SMILES string of the molecule is Cc1ccc(N/C=C(/C#N)C(=O)NCc2ccc3c(c2)OCO3)c(Br)c1. The topological polar surface area (TPSA) is 83.4 Å². The molecule has 0 unspecified atom stereocenters. The fourth-order valence-corrected chi connectivity index (χ4v) is 2.97. The molecule has 1 amide bonds. The van der Waals surface area contributed by atoms with Gasteiger partial charge in [0.1, 0.15) is 11.6 Å². The van der Waals surface area contributed by atoms with Crippen LogP contribution in [0, 0.1) is 18.3 Å². The summed E-state index contributed by atoms with van der Waals surface area (Å²) in [6.07, 6.45) is 1.39. The molecule has 3 rings (SSSR count). The number of rotatable bonds is 5. The monoisotopic (exact) mass is 413 g/mol. The van der Waals surface area contributed by atoms with Crippen LogP contribution in [0.2, 0.25) is 0 Å². The van der Waals surface area contributed by atoms with Crippen molar-refractivity contribution in [2.24, 2.45) is 0 Å². The Hall–Kier alpha value is -2.98. The Morgan fingerprint density at radius 3 is 2.85 bits per heavy atom. The number of nitrogens with one attached hydrogen (secondary N) is 2. The van der Waals surface area contributed by atoms with Crippen LogP contribution < -0.4 is 20.1 Å². The Morgan fingerprint density at radius 2 is 2.08 bits per heavy atom. The van der Waals surface area contributed by atoms with Gasteiger partial charge in [-0.15, -0.1) is 0 Å². The van der Waals surface area contributed by atoms with E-state index in [9.17, 15) is 10.1 Å². The third-order valence-electron chi connectivity index (χ3n) is 3.75. The highest BCUT2D eigenvalue weighted by atomic mass is 79.9. The zero-order valence-electron chi connectivity index (χ0n) is 14.0. The molecule has 0 saturated heterocycles. The molecule has 0 atom stereocenters. The van der Waals surface area contributed by atoms with E-state index >= 15 is 0 Å². The molecule has 2 N–H and O–H groups in total. The number of carbonyl (C=O) groups is 1. The van der Waals surface area contributed by atoms with Crippen molar-refractivity contribution in [1.82, 2.24) is 5.32 Å². The first-order valence-corrected chi connectivity index (χ1v) is 8.66. The van der Waals surface area contributed by atoms with Crippen molar-refractivity contribution in [3.05, 3.63) is 63.8 Å². The number of fused-ring (bicyclic) bond motifs is 1. The average molecular weight is 414 g/mol. The molecular formula is C19H16BrN3O3. The molecule has 26 heavy (non-hydrogen) atoms. The van der Waals surface area contributed by atoms with Gasteiger partial charge in [0.05, 0.1) is 5.69 Å². The van der Waals surface area contributed by atoms with E-state index in [4.69, 9.17) is 9.47 Å². The number of nitriles is 1. The summed E-state index contributed by atoms with van der Waals surface area (Å²) in [5, 5.41) is 14.9. The molecule has 0 radical (unpaired) electrons. The Morgan fingerprint density at radius 1 is 1.27 bits per heavy atom. The van der Waals surface area contributed by atoms with Crippen LogP contribution >= 0.6 is 15.9 Å². The van der Waals surface area contributed by atoms with E-state index < -0.39 is 5.91 Å². The summed E-state index contributed by atoms with van der Waals surface area (Å²) < 4.78 is 11.4. The summed E-state index contributed by atoms with van der Waals surface area (Å²) in [4.78, 5) is 12.2. The molecule has 1 aliphatic rings. The van der Waals surface area contributed by atoms with Crippen LogP contribution in [0.25, 0.3) is 0 Å². The lowest BCUT2D eigenvalue weighted by atomic mass is 10.2. The van der Waals surface area contributed by atoms with Crippen molar-refractivity contribution in [3.8, 4) is 17.6 Å². The Labute approximate surface area is 159 Å². The Balaban J connectivity index is 1.62. The van der Waals surface area contributed by atoms with E-state index in [1.165, 1.54) is 6.20 Å². The maximum Gasteiger partial charge on any atom is 0.263 e. The van der Waals surface area contributed by atoms with Crippen LogP contribution in [0.15, 0.2) is 52.6 Å². The minimum atomic E-state index is -0.457. The first kappa shape index (κ1) is 17.8. The predicted molar refractivity (Wildman–Crippen MR) is 101 cm³/mol. The zero-order valence-corrected chi connectivity index (χ0v) is 15.6. The summed E-state index contributed by atoms with van der Waals surface area (Å²) >= 11 is 3.44. The van der Waals surface area contributed by atoms with Gasteiger partial charge in [-0.1, -0.05) is 12.1 Å². The number of carbonyl (C=O) groups excluding carboxylic acids is 1. The van der Waals surface area contributed by atoms with Crippen LogP contribution in [0.4, 0.5) is 5.69 Å². The molecule has 0 aromatic heterocycles. The van der Waals surface area contributed by atoms with Crippen LogP contribution in [0.5, 0.6) is 11.5 Å². The van der Waals surface area contributed by atoms with Crippen molar-refractivity contribution < 1.29 is 14.3 Å². The van der Waals surface area contributed by atoms with E-state index in [2.05, 4.69) is 26.6 Å². The van der Waals surface area contributed by atoms with E-state index in [1.54, 1.807) is 12.1 Å². The number of hydrogen-bond acceptors (Lipinski definition) is 5. The van der Waals surface area contributed by atoms with Crippen molar-refractivity contribution in [3.63, 3.8) is 0 Å². The maximum atomic E-state index is 12.2. The zero-order chi connectivity index (χ0) is 18.5. The Bertz CT molecular complexity index is 919. The van der Waals surface area contributed by atoms with Gasteiger partial charge in [0.25, 0.3) is 5.91 Å². The lowest BCUT2D eigenvalue weighted by molar-refractivity contribution is -0.117. The second kappa shape index (κ2) is 7.93. The molecule has 0 spiro atoms. The molecule has 132 valence electrons. The van der Waals surface area contributed by atoms with Gasteiger partial charge in [0.15, 0.2) is 11.5 Å². The number of amides is 1. The largest absolute Gasteiger partial charge is 0.454 e. The molecular weight excluding hydrogens is 398 g/mol. The molecule has 2 aromatic rings.